The third-order valence-corrected chi connectivity index (χ3v) is 2.42. The lowest BCUT2D eigenvalue weighted by molar-refractivity contribution is 0.0821. The Morgan fingerprint density at radius 3 is 2.79 bits per heavy atom. The van der Waals surface area contributed by atoms with Crippen molar-refractivity contribution >= 4 is 11.9 Å². The Bertz CT molecular complexity index is 605. The number of hydrogen-bond acceptors (Lipinski definition) is 6. The molecule has 2 aromatic heterocycles. The highest BCUT2D eigenvalue weighted by atomic mass is 16.2. The molecule has 2 aromatic rings. The van der Waals surface area contributed by atoms with E-state index in [0.717, 1.165) is 5.69 Å². The topological polar surface area (TPSA) is 102 Å². The molecule has 0 bridgehead atoms. The van der Waals surface area contributed by atoms with Crippen LogP contribution in [-0.4, -0.2) is 44.7 Å². The number of carbonyl (C=O) groups excluding carboxylic acids is 1. The molecule has 0 saturated carbocycles. The van der Waals surface area contributed by atoms with E-state index in [9.17, 15) is 4.79 Å². The van der Waals surface area contributed by atoms with Gasteiger partial charge in [-0.1, -0.05) is 0 Å². The van der Waals surface area contributed by atoms with E-state index in [1.165, 1.54) is 9.58 Å². The van der Waals surface area contributed by atoms with Crippen molar-refractivity contribution in [3.05, 3.63) is 29.7 Å². The fourth-order valence-corrected chi connectivity index (χ4v) is 1.53. The molecule has 2 heterocycles. The lowest BCUT2D eigenvalue weighted by Gasteiger charge is -2.07. The summed E-state index contributed by atoms with van der Waals surface area (Å²) in [5.74, 6) is 5.97. The summed E-state index contributed by atoms with van der Waals surface area (Å²) in [5.41, 5.74) is 3.48. The zero-order valence-electron chi connectivity index (χ0n) is 11.0. The second-order valence-corrected chi connectivity index (χ2v) is 4.18. The molecule has 100 valence electrons. The zero-order valence-corrected chi connectivity index (χ0v) is 11.0. The lowest BCUT2D eigenvalue weighted by Crippen LogP contribution is -2.22. The SMILES string of the molecule is Cc1cc(-n2ccc(C(=O)N(C)C)n2)nc(NN)n1. The average molecular weight is 261 g/mol. The molecule has 0 atom stereocenters. The Morgan fingerprint density at radius 1 is 1.42 bits per heavy atom. The highest BCUT2D eigenvalue weighted by Crippen LogP contribution is 2.09. The van der Waals surface area contributed by atoms with Gasteiger partial charge < -0.3 is 4.90 Å². The Morgan fingerprint density at radius 2 is 2.16 bits per heavy atom. The number of carbonyl (C=O) groups is 1. The molecule has 1 amide bonds. The van der Waals surface area contributed by atoms with Gasteiger partial charge in [0.1, 0.15) is 0 Å². The van der Waals surface area contributed by atoms with Crippen LogP contribution in [0.1, 0.15) is 16.2 Å². The minimum absolute atomic E-state index is 0.165. The smallest absolute Gasteiger partial charge is 0.273 e. The number of aryl methyl sites for hydroxylation is 1. The summed E-state index contributed by atoms with van der Waals surface area (Å²) >= 11 is 0. The number of nitrogens with two attached hydrogens (primary N) is 1. The van der Waals surface area contributed by atoms with Crippen LogP contribution in [0.3, 0.4) is 0 Å². The zero-order chi connectivity index (χ0) is 14.0. The molecule has 0 aliphatic rings. The van der Waals surface area contributed by atoms with Gasteiger partial charge in [0.15, 0.2) is 11.5 Å². The number of hydrazine groups is 1. The van der Waals surface area contributed by atoms with Crippen molar-refractivity contribution in [2.24, 2.45) is 5.84 Å². The van der Waals surface area contributed by atoms with Crippen molar-refractivity contribution in [2.45, 2.75) is 6.92 Å². The summed E-state index contributed by atoms with van der Waals surface area (Å²) < 4.78 is 1.51. The van der Waals surface area contributed by atoms with Crippen LogP contribution < -0.4 is 11.3 Å². The summed E-state index contributed by atoms with van der Waals surface area (Å²) in [6, 6.07) is 3.38. The highest BCUT2D eigenvalue weighted by Gasteiger charge is 2.13. The van der Waals surface area contributed by atoms with Gasteiger partial charge in [0.25, 0.3) is 5.91 Å². The van der Waals surface area contributed by atoms with Gasteiger partial charge in [0.05, 0.1) is 0 Å². The monoisotopic (exact) mass is 261 g/mol. The molecule has 8 nitrogen and oxygen atoms in total. The number of nitrogens with zero attached hydrogens (tertiary/aromatic N) is 5. The molecule has 0 radical (unpaired) electrons. The van der Waals surface area contributed by atoms with Crippen LogP contribution in [0.5, 0.6) is 0 Å². The molecule has 8 heteroatoms. The van der Waals surface area contributed by atoms with Crippen LogP contribution in [0.15, 0.2) is 18.3 Å². The van der Waals surface area contributed by atoms with E-state index in [1.807, 2.05) is 6.92 Å². The lowest BCUT2D eigenvalue weighted by atomic mass is 10.4. The minimum atomic E-state index is -0.165. The number of rotatable bonds is 3. The van der Waals surface area contributed by atoms with Crippen LogP contribution in [0, 0.1) is 6.92 Å². The van der Waals surface area contributed by atoms with E-state index in [0.29, 0.717) is 17.5 Å². The standard InChI is InChI=1S/C11H15N7O/c1-7-6-9(14-11(13-7)15-12)18-5-4-8(16-18)10(19)17(2)3/h4-6H,12H2,1-3H3,(H,13,14,15). The number of anilines is 1. The van der Waals surface area contributed by atoms with Gasteiger partial charge >= 0.3 is 0 Å². The number of nitrogen functional groups attached to an aromatic ring is 1. The maximum atomic E-state index is 11.8. The van der Waals surface area contributed by atoms with Crippen molar-refractivity contribution in [2.75, 3.05) is 19.5 Å². The van der Waals surface area contributed by atoms with E-state index in [1.54, 1.807) is 32.4 Å². The van der Waals surface area contributed by atoms with Gasteiger partial charge in [0, 0.05) is 32.1 Å². The molecule has 3 N–H and O–H groups in total. The normalized spacial score (nSPS) is 10.3. The third-order valence-electron chi connectivity index (χ3n) is 2.42. The number of aromatic nitrogens is 4. The minimum Gasteiger partial charge on any atom is -0.343 e. The summed E-state index contributed by atoms with van der Waals surface area (Å²) in [4.78, 5) is 21.5. The van der Waals surface area contributed by atoms with Crippen molar-refractivity contribution in [1.29, 1.82) is 0 Å². The predicted molar refractivity (Wildman–Crippen MR) is 69.7 cm³/mol. The maximum absolute atomic E-state index is 11.8. The summed E-state index contributed by atoms with van der Waals surface area (Å²) in [7, 11) is 3.35. The Kier molecular flexibility index (Phi) is 3.43. The van der Waals surface area contributed by atoms with E-state index in [-0.39, 0.29) is 5.91 Å². The van der Waals surface area contributed by atoms with Crippen LogP contribution in [0.25, 0.3) is 5.82 Å². The van der Waals surface area contributed by atoms with E-state index in [2.05, 4.69) is 20.5 Å². The first-order valence-corrected chi connectivity index (χ1v) is 5.61. The summed E-state index contributed by atoms with van der Waals surface area (Å²) in [5, 5.41) is 4.18. The van der Waals surface area contributed by atoms with Gasteiger partial charge in [-0.15, -0.1) is 0 Å². The molecule has 19 heavy (non-hydrogen) atoms. The Hall–Kier alpha value is -2.48. The average Bonchev–Trinajstić information content (AvgIpc) is 2.86. The second-order valence-electron chi connectivity index (χ2n) is 4.18. The quantitative estimate of drug-likeness (QED) is 0.593. The van der Waals surface area contributed by atoms with Gasteiger partial charge in [-0.05, 0) is 13.0 Å². The molecule has 0 saturated heterocycles. The summed E-state index contributed by atoms with van der Waals surface area (Å²) in [6.07, 6.45) is 1.67. The van der Waals surface area contributed by atoms with E-state index in [4.69, 9.17) is 5.84 Å². The fraction of sp³-hybridized carbons (Fsp3) is 0.273. The van der Waals surface area contributed by atoms with Crippen LogP contribution in [0.4, 0.5) is 5.95 Å². The molecule has 2 rings (SSSR count). The van der Waals surface area contributed by atoms with Gasteiger partial charge in [0.2, 0.25) is 5.95 Å². The van der Waals surface area contributed by atoms with E-state index >= 15 is 0 Å². The Balaban J connectivity index is 2.37. The predicted octanol–water partition coefficient (Wildman–Crippen LogP) is -0.0419. The largest absolute Gasteiger partial charge is 0.343 e. The van der Waals surface area contributed by atoms with Crippen LogP contribution in [-0.2, 0) is 0 Å². The number of nitrogens with one attached hydrogen (secondary N) is 1. The third kappa shape index (κ3) is 2.68. The molecule has 0 aliphatic carbocycles. The molecular weight excluding hydrogens is 246 g/mol. The Labute approximate surface area is 110 Å². The first-order valence-electron chi connectivity index (χ1n) is 5.61. The first kappa shape index (κ1) is 13.0. The second kappa shape index (κ2) is 5.02. The molecule has 0 unspecified atom stereocenters. The molecule has 0 aromatic carbocycles. The van der Waals surface area contributed by atoms with Gasteiger partial charge in [-0.2, -0.15) is 10.1 Å². The van der Waals surface area contributed by atoms with Crippen molar-refractivity contribution in [1.82, 2.24) is 24.6 Å². The molecule has 0 fully saturated rings. The van der Waals surface area contributed by atoms with Gasteiger partial charge in [-0.3, -0.25) is 10.2 Å². The first-order chi connectivity index (χ1) is 9.01. The molecule has 0 spiro atoms. The number of hydrogen-bond donors (Lipinski definition) is 2. The molecular formula is C11H15N7O. The highest BCUT2D eigenvalue weighted by molar-refractivity contribution is 5.91. The van der Waals surface area contributed by atoms with Crippen molar-refractivity contribution in [3.8, 4) is 5.82 Å². The van der Waals surface area contributed by atoms with E-state index < -0.39 is 0 Å². The summed E-state index contributed by atoms with van der Waals surface area (Å²) in [6.45, 7) is 1.82. The van der Waals surface area contributed by atoms with Crippen molar-refractivity contribution in [3.63, 3.8) is 0 Å². The maximum Gasteiger partial charge on any atom is 0.273 e. The van der Waals surface area contributed by atoms with Crippen LogP contribution in [0.2, 0.25) is 0 Å². The number of amides is 1. The fourth-order valence-electron chi connectivity index (χ4n) is 1.53. The van der Waals surface area contributed by atoms with Crippen molar-refractivity contribution < 1.29 is 4.79 Å². The molecule has 0 aliphatic heterocycles. The van der Waals surface area contributed by atoms with Crippen LogP contribution >= 0.6 is 0 Å². The van der Waals surface area contributed by atoms with Gasteiger partial charge in [-0.25, -0.2) is 15.5 Å².